The van der Waals surface area contributed by atoms with E-state index < -0.39 is 0 Å². The Morgan fingerprint density at radius 1 is 1.10 bits per heavy atom. The van der Waals surface area contributed by atoms with E-state index in [4.69, 9.17) is 0 Å². The van der Waals surface area contributed by atoms with E-state index in [-0.39, 0.29) is 0 Å². The maximum atomic E-state index is 4.65. The molecule has 0 aliphatic heterocycles. The first-order valence-electron chi connectivity index (χ1n) is 6.90. The molecule has 0 saturated carbocycles. The van der Waals surface area contributed by atoms with Gasteiger partial charge >= 0.3 is 0 Å². The lowest BCUT2D eigenvalue weighted by atomic mass is 10.2. The highest BCUT2D eigenvalue weighted by Crippen LogP contribution is 2.26. The van der Waals surface area contributed by atoms with Gasteiger partial charge in [0.2, 0.25) is 0 Å². The number of fused-ring (bicyclic) bond motifs is 1. The Bertz CT molecular complexity index is 683. The van der Waals surface area contributed by atoms with Crippen LogP contribution in [0.2, 0.25) is 0 Å². The van der Waals surface area contributed by atoms with Gasteiger partial charge in [0.15, 0.2) is 0 Å². The minimum Gasteiger partial charge on any atom is -0.338 e. The molecule has 0 fully saturated rings. The zero-order chi connectivity index (χ0) is 13.9. The molecule has 3 heteroatoms. The van der Waals surface area contributed by atoms with Gasteiger partial charge in [-0.2, -0.15) is 0 Å². The molecule has 0 amide bonds. The Morgan fingerprint density at radius 3 is 2.75 bits per heavy atom. The maximum Gasteiger partial charge on any atom is 0.138 e. The molecule has 0 bridgehead atoms. The molecule has 0 aliphatic carbocycles. The first kappa shape index (κ1) is 13.3. The van der Waals surface area contributed by atoms with Crippen LogP contribution in [0.5, 0.6) is 0 Å². The summed E-state index contributed by atoms with van der Waals surface area (Å²) in [6.07, 6.45) is 0. The van der Waals surface area contributed by atoms with E-state index >= 15 is 0 Å². The predicted molar refractivity (Wildman–Crippen MR) is 87.1 cm³/mol. The number of hydrogen-bond donors (Lipinski definition) is 1. The molecular formula is C17H18N2S. The van der Waals surface area contributed by atoms with Gasteiger partial charge in [-0.15, -0.1) is 11.8 Å². The van der Waals surface area contributed by atoms with Gasteiger partial charge in [-0.1, -0.05) is 38.1 Å². The van der Waals surface area contributed by atoms with Gasteiger partial charge in [0.25, 0.3) is 0 Å². The highest BCUT2D eigenvalue weighted by molar-refractivity contribution is 7.99. The summed E-state index contributed by atoms with van der Waals surface area (Å²) in [6.45, 7) is 4.49. The first-order chi connectivity index (χ1) is 9.72. The summed E-state index contributed by atoms with van der Waals surface area (Å²) < 4.78 is 0. The number of H-pyrrole nitrogens is 1. The van der Waals surface area contributed by atoms with Crippen LogP contribution < -0.4 is 0 Å². The van der Waals surface area contributed by atoms with Gasteiger partial charge in [0, 0.05) is 16.2 Å². The van der Waals surface area contributed by atoms with Crippen LogP contribution in [-0.2, 0) is 0 Å². The minimum atomic E-state index is 0.704. The monoisotopic (exact) mass is 282 g/mol. The van der Waals surface area contributed by atoms with Gasteiger partial charge in [0.05, 0.1) is 11.0 Å². The van der Waals surface area contributed by atoms with Crippen LogP contribution in [0.1, 0.15) is 13.8 Å². The molecule has 0 unspecified atom stereocenters. The van der Waals surface area contributed by atoms with E-state index in [1.165, 1.54) is 4.90 Å². The topological polar surface area (TPSA) is 28.7 Å². The number of rotatable bonds is 4. The third kappa shape index (κ3) is 2.88. The molecule has 3 aromatic rings. The zero-order valence-electron chi connectivity index (χ0n) is 11.8. The molecule has 0 spiro atoms. The van der Waals surface area contributed by atoms with Crippen molar-refractivity contribution in [3.05, 3.63) is 48.5 Å². The number of nitrogens with zero attached hydrogens (tertiary/aromatic N) is 1. The van der Waals surface area contributed by atoms with Gasteiger partial charge < -0.3 is 4.98 Å². The van der Waals surface area contributed by atoms with E-state index in [2.05, 4.69) is 54.1 Å². The normalized spacial score (nSPS) is 11.3. The van der Waals surface area contributed by atoms with E-state index in [1.807, 2.05) is 30.0 Å². The van der Waals surface area contributed by atoms with Crippen LogP contribution >= 0.6 is 11.8 Å². The largest absolute Gasteiger partial charge is 0.338 e. The fraction of sp³-hybridized carbons (Fsp3) is 0.235. The quantitative estimate of drug-likeness (QED) is 0.684. The molecule has 1 heterocycles. The number of aromatic nitrogens is 2. The van der Waals surface area contributed by atoms with Gasteiger partial charge in [0.1, 0.15) is 5.82 Å². The lowest BCUT2D eigenvalue weighted by Gasteiger charge is -2.05. The van der Waals surface area contributed by atoms with E-state index in [1.54, 1.807) is 0 Å². The Morgan fingerprint density at radius 2 is 1.95 bits per heavy atom. The van der Waals surface area contributed by atoms with Crippen LogP contribution in [0, 0.1) is 5.92 Å². The standard InChI is InChI=1S/C17H18N2S/c1-12(2)11-20-14-7-5-6-13(10-14)17-18-15-8-3-4-9-16(15)19-17/h3-10,12H,11H2,1-2H3,(H,18,19). The molecule has 0 saturated heterocycles. The smallest absolute Gasteiger partial charge is 0.138 e. The lowest BCUT2D eigenvalue weighted by Crippen LogP contribution is -1.90. The summed E-state index contributed by atoms with van der Waals surface area (Å²) in [4.78, 5) is 9.34. The van der Waals surface area contributed by atoms with Crippen LogP contribution in [0.4, 0.5) is 0 Å². The average Bonchev–Trinajstić information content (AvgIpc) is 2.89. The molecule has 1 aromatic heterocycles. The van der Waals surface area contributed by atoms with Crippen molar-refractivity contribution in [2.45, 2.75) is 18.7 Å². The molecule has 0 aliphatic rings. The van der Waals surface area contributed by atoms with E-state index in [9.17, 15) is 0 Å². The van der Waals surface area contributed by atoms with Crippen molar-refractivity contribution in [3.63, 3.8) is 0 Å². The predicted octanol–water partition coefficient (Wildman–Crippen LogP) is 4.98. The van der Waals surface area contributed by atoms with Crippen molar-refractivity contribution < 1.29 is 0 Å². The number of nitrogens with one attached hydrogen (secondary N) is 1. The minimum absolute atomic E-state index is 0.704. The Hall–Kier alpha value is -1.74. The molecule has 0 atom stereocenters. The first-order valence-corrected chi connectivity index (χ1v) is 7.89. The van der Waals surface area contributed by atoms with Gasteiger partial charge in [-0.05, 0) is 30.2 Å². The fourth-order valence-electron chi connectivity index (χ4n) is 2.09. The van der Waals surface area contributed by atoms with Gasteiger partial charge in [-0.3, -0.25) is 0 Å². The molecule has 102 valence electrons. The van der Waals surface area contributed by atoms with E-state index in [0.29, 0.717) is 5.92 Å². The number of hydrogen-bond acceptors (Lipinski definition) is 2. The Labute approximate surface area is 123 Å². The number of benzene rings is 2. The molecule has 20 heavy (non-hydrogen) atoms. The lowest BCUT2D eigenvalue weighted by molar-refractivity contribution is 0.750. The van der Waals surface area contributed by atoms with Crippen molar-refractivity contribution in [1.82, 2.24) is 9.97 Å². The van der Waals surface area contributed by atoms with Crippen molar-refractivity contribution in [2.24, 2.45) is 5.92 Å². The number of para-hydroxylation sites is 2. The van der Waals surface area contributed by atoms with E-state index in [0.717, 1.165) is 28.2 Å². The molecule has 3 rings (SSSR count). The summed E-state index contributed by atoms with van der Waals surface area (Å²) in [7, 11) is 0. The summed E-state index contributed by atoms with van der Waals surface area (Å²) in [5.41, 5.74) is 3.25. The third-order valence-corrected chi connectivity index (χ3v) is 4.50. The van der Waals surface area contributed by atoms with Crippen molar-refractivity contribution in [2.75, 3.05) is 5.75 Å². The SMILES string of the molecule is CC(C)CSc1cccc(-c2nc3ccccc3[nH]2)c1. The highest BCUT2D eigenvalue weighted by atomic mass is 32.2. The molecule has 1 N–H and O–H groups in total. The Balaban J connectivity index is 1.91. The number of thioether (sulfide) groups is 1. The number of imidazole rings is 1. The highest BCUT2D eigenvalue weighted by Gasteiger charge is 2.06. The van der Waals surface area contributed by atoms with Crippen LogP contribution in [0.15, 0.2) is 53.4 Å². The summed E-state index contributed by atoms with van der Waals surface area (Å²) >= 11 is 1.90. The average molecular weight is 282 g/mol. The second-order valence-corrected chi connectivity index (χ2v) is 6.43. The van der Waals surface area contributed by atoms with Gasteiger partial charge in [-0.25, -0.2) is 4.98 Å². The third-order valence-electron chi connectivity index (χ3n) is 3.08. The number of aromatic amines is 1. The molecule has 0 radical (unpaired) electrons. The second-order valence-electron chi connectivity index (χ2n) is 5.34. The van der Waals surface area contributed by atoms with Crippen LogP contribution in [0.3, 0.4) is 0 Å². The molecular weight excluding hydrogens is 264 g/mol. The second kappa shape index (κ2) is 5.71. The zero-order valence-corrected chi connectivity index (χ0v) is 12.6. The van der Waals surface area contributed by atoms with Crippen LogP contribution in [-0.4, -0.2) is 15.7 Å². The molecule has 2 nitrogen and oxygen atoms in total. The maximum absolute atomic E-state index is 4.65. The van der Waals surface area contributed by atoms with Crippen molar-refractivity contribution in [3.8, 4) is 11.4 Å². The molecule has 2 aromatic carbocycles. The van der Waals surface area contributed by atoms with Crippen LogP contribution in [0.25, 0.3) is 22.4 Å². The summed E-state index contributed by atoms with van der Waals surface area (Å²) in [5.74, 6) is 2.79. The Kier molecular flexibility index (Phi) is 3.79. The summed E-state index contributed by atoms with van der Waals surface area (Å²) in [5, 5.41) is 0. The summed E-state index contributed by atoms with van der Waals surface area (Å²) in [6, 6.07) is 16.7. The van der Waals surface area contributed by atoms with Crippen molar-refractivity contribution >= 4 is 22.8 Å². The fourth-order valence-corrected chi connectivity index (χ4v) is 3.00. The van der Waals surface area contributed by atoms with Crippen molar-refractivity contribution in [1.29, 1.82) is 0 Å².